The summed E-state index contributed by atoms with van der Waals surface area (Å²) >= 11 is 0. The summed E-state index contributed by atoms with van der Waals surface area (Å²) in [7, 11) is 0. The van der Waals surface area contributed by atoms with Crippen LogP contribution in [0.3, 0.4) is 0 Å². The Morgan fingerprint density at radius 1 is 0.741 bits per heavy atom. The summed E-state index contributed by atoms with van der Waals surface area (Å²) in [6, 6.07) is 8.48. The van der Waals surface area contributed by atoms with E-state index in [1.54, 1.807) is 0 Å². The molecule has 152 valence electrons. The summed E-state index contributed by atoms with van der Waals surface area (Å²) in [6.45, 7) is 6.19. The van der Waals surface area contributed by atoms with Gasteiger partial charge in [0.2, 0.25) is 0 Å². The molecule has 0 aromatic rings. The first kappa shape index (κ1) is 20.9. The van der Waals surface area contributed by atoms with Gasteiger partial charge in [-0.25, -0.2) is 0 Å². The van der Waals surface area contributed by atoms with Gasteiger partial charge in [-0.1, -0.05) is 89.5 Å². The molecule has 27 heavy (non-hydrogen) atoms. The van der Waals surface area contributed by atoms with Gasteiger partial charge >= 0.3 is 0 Å². The standard InChI is InChI=1S/C19H36O2.C6H4/c1-3-5-6-7-9-16-10-12-17(13-11-16)19-15-20-18(8-4-2)14-21-19;1-2-6-4-3-5(1)6/h16-19H,3-15H2,1-2H3;1-4H. The van der Waals surface area contributed by atoms with Crippen LogP contribution < -0.4 is 0 Å². The van der Waals surface area contributed by atoms with Crippen LogP contribution in [0.5, 0.6) is 0 Å². The molecular weight excluding hydrogens is 332 g/mol. The first-order valence-corrected chi connectivity index (χ1v) is 11.6. The Labute approximate surface area is 166 Å². The van der Waals surface area contributed by atoms with Crippen LogP contribution in [0.1, 0.15) is 84.5 Å². The molecule has 0 bridgehead atoms. The minimum atomic E-state index is 0.362. The van der Waals surface area contributed by atoms with Crippen LogP contribution in [0.15, 0.2) is 24.3 Å². The van der Waals surface area contributed by atoms with Crippen molar-refractivity contribution in [3.63, 3.8) is 0 Å². The molecule has 2 nitrogen and oxygen atoms in total. The van der Waals surface area contributed by atoms with Gasteiger partial charge < -0.3 is 9.47 Å². The Morgan fingerprint density at radius 3 is 1.93 bits per heavy atom. The van der Waals surface area contributed by atoms with Crippen molar-refractivity contribution < 1.29 is 9.47 Å². The van der Waals surface area contributed by atoms with Crippen molar-refractivity contribution in [1.82, 2.24) is 0 Å². The van der Waals surface area contributed by atoms with E-state index in [1.165, 1.54) is 74.6 Å². The average molecular weight is 373 g/mol. The summed E-state index contributed by atoms with van der Waals surface area (Å²) in [4.78, 5) is 0. The van der Waals surface area contributed by atoms with Gasteiger partial charge in [0.05, 0.1) is 25.4 Å². The molecule has 0 N–H and O–H groups in total. The SMILES string of the molecule is CCCCCCC1CCC(C2COC(CCC)CO2)CC1.c1cc2ccc1=2. The van der Waals surface area contributed by atoms with E-state index in [4.69, 9.17) is 9.47 Å². The number of rotatable bonds is 8. The second-order valence-electron chi connectivity index (χ2n) is 8.82. The molecule has 0 amide bonds. The normalized spacial score (nSPS) is 29.0. The van der Waals surface area contributed by atoms with E-state index in [0.29, 0.717) is 12.2 Å². The molecule has 4 aliphatic rings. The van der Waals surface area contributed by atoms with Crippen molar-refractivity contribution in [2.75, 3.05) is 13.2 Å². The molecule has 1 saturated heterocycles. The van der Waals surface area contributed by atoms with E-state index in [2.05, 4.69) is 38.1 Å². The van der Waals surface area contributed by atoms with Crippen molar-refractivity contribution in [3.05, 3.63) is 34.7 Å². The lowest BCUT2D eigenvalue weighted by Gasteiger charge is -2.37. The largest absolute Gasteiger partial charge is 0.373 e. The topological polar surface area (TPSA) is 18.5 Å². The monoisotopic (exact) mass is 372 g/mol. The maximum absolute atomic E-state index is 6.11. The lowest BCUT2D eigenvalue weighted by Crippen LogP contribution is -2.41. The van der Waals surface area contributed by atoms with Gasteiger partial charge in [-0.3, -0.25) is 0 Å². The van der Waals surface area contributed by atoms with E-state index in [1.807, 2.05) is 0 Å². The molecule has 3 aliphatic carbocycles. The Kier molecular flexibility index (Phi) is 8.67. The van der Waals surface area contributed by atoms with E-state index in [0.717, 1.165) is 31.5 Å². The summed E-state index contributed by atoms with van der Waals surface area (Å²) in [5.74, 6) is 1.76. The average Bonchev–Trinajstić information content (AvgIpc) is 2.70. The molecule has 0 spiro atoms. The third-order valence-electron chi connectivity index (χ3n) is 6.70. The molecule has 0 aromatic heterocycles. The third-order valence-corrected chi connectivity index (χ3v) is 6.70. The third kappa shape index (κ3) is 6.32. The second-order valence-corrected chi connectivity index (χ2v) is 8.82. The molecule has 0 radical (unpaired) electrons. The van der Waals surface area contributed by atoms with Gasteiger partial charge in [0.15, 0.2) is 0 Å². The zero-order valence-corrected chi connectivity index (χ0v) is 17.6. The minimum Gasteiger partial charge on any atom is -0.373 e. The second kappa shape index (κ2) is 11.2. The van der Waals surface area contributed by atoms with Crippen LogP contribution in [0.4, 0.5) is 0 Å². The van der Waals surface area contributed by atoms with E-state index >= 15 is 0 Å². The molecule has 4 rings (SSSR count). The minimum absolute atomic E-state index is 0.362. The maximum Gasteiger partial charge on any atom is 0.0838 e. The van der Waals surface area contributed by atoms with Gasteiger partial charge in [-0.2, -0.15) is 0 Å². The highest BCUT2D eigenvalue weighted by molar-refractivity contribution is 5.22. The van der Waals surface area contributed by atoms with Crippen LogP contribution in [-0.2, 0) is 9.47 Å². The van der Waals surface area contributed by atoms with Crippen LogP contribution in [0, 0.1) is 22.3 Å². The molecule has 1 saturated carbocycles. The first-order valence-electron chi connectivity index (χ1n) is 11.6. The van der Waals surface area contributed by atoms with Crippen molar-refractivity contribution in [1.29, 1.82) is 0 Å². The van der Waals surface area contributed by atoms with Crippen molar-refractivity contribution in [3.8, 4) is 0 Å². The Balaban J connectivity index is 0.000000290. The number of hydrogen-bond donors (Lipinski definition) is 0. The number of unbranched alkanes of at least 4 members (excludes halogenated alkanes) is 3. The van der Waals surface area contributed by atoms with Gasteiger partial charge in [0.1, 0.15) is 0 Å². The fourth-order valence-corrected chi connectivity index (χ4v) is 4.69. The van der Waals surface area contributed by atoms with Gasteiger partial charge in [0.25, 0.3) is 0 Å². The fraction of sp³-hybridized carbons (Fsp3) is 0.760. The molecular formula is C25H40O2. The van der Waals surface area contributed by atoms with Crippen molar-refractivity contribution in [2.45, 2.75) is 96.7 Å². The van der Waals surface area contributed by atoms with E-state index < -0.39 is 0 Å². The first-order chi connectivity index (χ1) is 13.3. The van der Waals surface area contributed by atoms with Crippen LogP contribution in [0.2, 0.25) is 0 Å². The fourth-order valence-electron chi connectivity index (χ4n) is 4.69. The molecule has 1 heterocycles. The summed E-state index contributed by atoms with van der Waals surface area (Å²) in [5, 5.41) is 2.85. The number of hydrogen-bond acceptors (Lipinski definition) is 2. The highest BCUT2D eigenvalue weighted by Crippen LogP contribution is 2.35. The molecule has 2 atom stereocenters. The summed E-state index contributed by atoms with van der Waals surface area (Å²) in [6.07, 6.45) is 15.8. The predicted octanol–water partition coefficient (Wildman–Crippen LogP) is 6.63. The zero-order chi connectivity index (χ0) is 18.9. The van der Waals surface area contributed by atoms with Crippen molar-refractivity contribution >= 4 is 0 Å². The highest BCUT2D eigenvalue weighted by Gasteiger charge is 2.31. The van der Waals surface area contributed by atoms with Crippen LogP contribution in [-0.4, -0.2) is 25.4 Å². The van der Waals surface area contributed by atoms with Crippen molar-refractivity contribution in [2.24, 2.45) is 11.8 Å². The Morgan fingerprint density at radius 2 is 1.44 bits per heavy atom. The molecule has 2 heteroatoms. The molecule has 2 fully saturated rings. The van der Waals surface area contributed by atoms with E-state index in [-0.39, 0.29) is 0 Å². The number of benzene rings is 1. The highest BCUT2D eigenvalue weighted by atomic mass is 16.6. The quantitative estimate of drug-likeness (QED) is 0.484. The number of ether oxygens (including phenoxy) is 2. The summed E-state index contributed by atoms with van der Waals surface area (Å²) < 4.78 is 12.1. The Bertz CT molecular complexity index is 559. The zero-order valence-electron chi connectivity index (χ0n) is 17.6. The Hall–Kier alpha value is -0.860. The lowest BCUT2D eigenvalue weighted by atomic mass is 9.77. The van der Waals surface area contributed by atoms with Gasteiger partial charge in [-0.15, -0.1) is 0 Å². The molecule has 0 aromatic carbocycles. The molecule has 1 aliphatic heterocycles. The maximum atomic E-state index is 6.11. The van der Waals surface area contributed by atoms with E-state index in [9.17, 15) is 0 Å². The van der Waals surface area contributed by atoms with Crippen LogP contribution >= 0.6 is 0 Å². The predicted molar refractivity (Wildman–Crippen MR) is 113 cm³/mol. The smallest absolute Gasteiger partial charge is 0.0838 e. The van der Waals surface area contributed by atoms with Crippen LogP contribution in [0.25, 0.3) is 0 Å². The summed E-state index contributed by atoms with van der Waals surface area (Å²) in [5.41, 5.74) is 0. The van der Waals surface area contributed by atoms with Gasteiger partial charge in [-0.05, 0) is 41.5 Å². The molecule has 2 unspecified atom stereocenters. The lowest BCUT2D eigenvalue weighted by molar-refractivity contribution is -0.156. The van der Waals surface area contributed by atoms with Gasteiger partial charge in [0, 0.05) is 0 Å².